The summed E-state index contributed by atoms with van der Waals surface area (Å²) in [6, 6.07) is 0.819. The molecule has 10 heteroatoms. The maximum absolute atomic E-state index is 14.2. The third-order valence-electron chi connectivity index (χ3n) is 11.6. The Kier molecular flexibility index (Phi) is 8.97. The summed E-state index contributed by atoms with van der Waals surface area (Å²) >= 11 is 0. The minimum atomic E-state index is -0.525. The highest BCUT2D eigenvalue weighted by Gasteiger charge is 2.64. The van der Waals surface area contributed by atoms with Crippen LogP contribution < -0.4 is 10.6 Å². The van der Waals surface area contributed by atoms with Crippen LogP contribution in [0.25, 0.3) is 0 Å². The Labute approximate surface area is 244 Å². The van der Waals surface area contributed by atoms with Crippen molar-refractivity contribution in [1.29, 1.82) is 0 Å². The molecule has 10 nitrogen and oxygen atoms in total. The van der Waals surface area contributed by atoms with Crippen molar-refractivity contribution in [3.8, 4) is 0 Å². The number of ether oxygens (including phenoxy) is 5. The molecule has 41 heavy (non-hydrogen) atoms. The van der Waals surface area contributed by atoms with E-state index in [-0.39, 0.29) is 72.3 Å². The van der Waals surface area contributed by atoms with Gasteiger partial charge in [-0.05, 0) is 89.0 Å². The number of piperidine rings is 2. The molecule has 0 aromatic heterocycles. The topological polar surface area (TPSA) is 108 Å². The van der Waals surface area contributed by atoms with Crippen LogP contribution in [0.5, 0.6) is 0 Å². The summed E-state index contributed by atoms with van der Waals surface area (Å²) in [4.78, 5) is 29.7. The largest absolute Gasteiger partial charge is 0.381 e. The number of amides is 2. The summed E-state index contributed by atoms with van der Waals surface area (Å²) in [5.41, 5.74) is 0. The minimum Gasteiger partial charge on any atom is -0.381 e. The van der Waals surface area contributed by atoms with E-state index in [9.17, 15) is 9.59 Å². The van der Waals surface area contributed by atoms with E-state index in [2.05, 4.69) is 15.5 Å². The Hall–Kier alpha value is -1.30. The van der Waals surface area contributed by atoms with Gasteiger partial charge in [0.1, 0.15) is 6.10 Å². The molecule has 3 aliphatic heterocycles. The lowest BCUT2D eigenvalue weighted by atomic mass is 9.64. The molecule has 3 saturated heterocycles. The number of nitrogens with zero attached hydrogens (tertiary/aromatic N) is 1. The first-order valence-electron chi connectivity index (χ1n) is 16.0. The highest BCUT2D eigenvalue weighted by Crippen LogP contribution is 2.54. The Balaban J connectivity index is 1.11. The first kappa shape index (κ1) is 29.8. The lowest BCUT2D eigenvalue weighted by Crippen LogP contribution is -2.70. The number of carbonyl (C=O) groups excluding carboxylic acids is 2. The van der Waals surface area contributed by atoms with Gasteiger partial charge >= 0.3 is 0 Å². The van der Waals surface area contributed by atoms with Crippen molar-refractivity contribution in [1.82, 2.24) is 15.5 Å². The zero-order chi connectivity index (χ0) is 28.8. The van der Waals surface area contributed by atoms with Gasteiger partial charge in [0.25, 0.3) is 0 Å². The molecule has 0 aromatic rings. The first-order chi connectivity index (χ1) is 19.9. The van der Waals surface area contributed by atoms with E-state index in [1.165, 1.54) is 0 Å². The maximum Gasteiger partial charge on any atom is 0.249 e. The molecule has 0 spiro atoms. The number of hydrogen-bond donors (Lipinski definition) is 2. The van der Waals surface area contributed by atoms with Crippen LogP contribution in [0.4, 0.5) is 0 Å². The molecule has 0 aromatic carbocycles. The highest BCUT2D eigenvalue weighted by atomic mass is 16.5. The lowest BCUT2D eigenvalue weighted by Gasteiger charge is -2.55. The molecule has 13 unspecified atom stereocenters. The molecule has 2 N–H and O–H groups in total. The molecule has 3 saturated carbocycles. The maximum atomic E-state index is 14.2. The smallest absolute Gasteiger partial charge is 0.249 e. The summed E-state index contributed by atoms with van der Waals surface area (Å²) in [5, 5.41) is 7.05. The zero-order valence-electron chi connectivity index (χ0n) is 25.5. The Morgan fingerprint density at radius 3 is 2.29 bits per heavy atom. The highest BCUT2D eigenvalue weighted by molar-refractivity contribution is 5.83. The van der Waals surface area contributed by atoms with Crippen LogP contribution in [0, 0.1) is 23.7 Å². The van der Waals surface area contributed by atoms with Gasteiger partial charge in [-0.2, -0.15) is 0 Å². The van der Waals surface area contributed by atoms with Crippen LogP contribution in [-0.4, -0.2) is 112 Å². The third-order valence-corrected chi connectivity index (χ3v) is 11.6. The molecule has 6 fully saturated rings. The normalized spacial score (nSPS) is 46.3. The summed E-state index contributed by atoms with van der Waals surface area (Å²) in [6.45, 7) is 2.86. The molecule has 13 atom stereocenters. The average molecular weight is 578 g/mol. The summed E-state index contributed by atoms with van der Waals surface area (Å²) in [7, 11) is 6.90. The first-order valence-corrected chi connectivity index (χ1v) is 16.0. The van der Waals surface area contributed by atoms with Gasteiger partial charge in [0, 0.05) is 46.6 Å². The Morgan fingerprint density at radius 1 is 0.854 bits per heavy atom. The van der Waals surface area contributed by atoms with Gasteiger partial charge in [0.2, 0.25) is 11.8 Å². The average Bonchev–Trinajstić information content (AvgIpc) is 3.33. The number of carbonyl (C=O) groups is 2. The van der Waals surface area contributed by atoms with Gasteiger partial charge in [-0.15, -0.1) is 0 Å². The standard InChI is InChI=1S/C31H51N3O7/c1-16(30(35)33-17-12-19(37-2)14-20(13-17)38-3)41-18-6-8-24-23(15-18)21-10-11-32-27-22-7-9-25(39-4)29(40-5)26(22)31(36)34(24)28(21)27/h16-29,32H,6-15H2,1-5H3,(H,33,35). The Bertz CT molecular complexity index is 941. The quantitative estimate of drug-likeness (QED) is 0.451. The van der Waals surface area contributed by atoms with E-state index in [0.717, 1.165) is 64.3 Å². The van der Waals surface area contributed by atoms with Crippen LogP contribution in [0.2, 0.25) is 0 Å². The Morgan fingerprint density at radius 2 is 1.61 bits per heavy atom. The zero-order valence-corrected chi connectivity index (χ0v) is 25.5. The summed E-state index contributed by atoms with van der Waals surface area (Å²) < 4.78 is 29.3. The molecular formula is C31H51N3O7. The van der Waals surface area contributed by atoms with Crippen LogP contribution >= 0.6 is 0 Å². The van der Waals surface area contributed by atoms with E-state index >= 15 is 0 Å². The molecule has 0 bridgehead atoms. The SMILES string of the molecule is COC1CC(NC(=O)C(C)OC2CCC3C(C2)C2CCNC4C5CCC(OC)C(OC)C5C(=O)N3C24)CC(OC)C1. The molecule has 3 aliphatic carbocycles. The van der Waals surface area contributed by atoms with E-state index < -0.39 is 6.10 Å². The molecule has 0 radical (unpaired) electrons. The fourth-order valence-electron chi connectivity index (χ4n) is 9.85. The van der Waals surface area contributed by atoms with Crippen LogP contribution in [0.3, 0.4) is 0 Å². The minimum absolute atomic E-state index is 0.0218. The van der Waals surface area contributed by atoms with Crippen molar-refractivity contribution in [2.75, 3.05) is 35.0 Å². The third kappa shape index (κ3) is 5.35. The second kappa shape index (κ2) is 12.4. The van der Waals surface area contributed by atoms with E-state index in [1.807, 2.05) is 6.92 Å². The molecule has 2 amide bonds. The number of hydrogen-bond acceptors (Lipinski definition) is 8. The van der Waals surface area contributed by atoms with Crippen molar-refractivity contribution < 1.29 is 33.3 Å². The second-order valence-corrected chi connectivity index (χ2v) is 13.5. The van der Waals surface area contributed by atoms with E-state index in [0.29, 0.717) is 17.9 Å². The fourth-order valence-corrected chi connectivity index (χ4v) is 9.85. The number of nitrogens with one attached hydrogen (secondary N) is 2. The van der Waals surface area contributed by atoms with Crippen LogP contribution in [0.1, 0.15) is 64.7 Å². The van der Waals surface area contributed by atoms with Crippen molar-refractivity contribution >= 4 is 11.8 Å². The van der Waals surface area contributed by atoms with Gasteiger partial charge in [-0.3, -0.25) is 9.59 Å². The summed E-state index contributed by atoms with van der Waals surface area (Å²) in [5.74, 6) is 1.23. The van der Waals surface area contributed by atoms with Gasteiger partial charge in [-0.1, -0.05) is 0 Å². The summed E-state index contributed by atoms with van der Waals surface area (Å²) in [6.07, 6.45) is 7.59. The molecule has 6 aliphatic rings. The van der Waals surface area contributed by atoms with Gasteiger partial charge in [-0.25, -0.2) is 0 Å². The van der Waals surface area contributed by atoms with Crippen molar-refractivity contribution in [3.63, 3.8) is 0 Å². The van der Waals surface area contributed by atoms with Crippen molar-refractivity contribution in [2.45, 2.75) is 126 Å². The van der Waals surface area contributed by atoms with Gasteiger partial charge in [0.05, 0.1) is 42.5 Å². The van der Waals surface area contributed by atoms with Crippen LogP contribution in [0.15, 0.2) is 0 Å². The van der Waals surface area contributed by atoms with Crippen LogP contribution in [-0.2, 0) is 33.3 Å². The number of fused-ring (bicyclic) bond motifs is 5. The number of methoxy groups -OCH3 is 4. The molecule has 6 rings (SSSR count). The number of rotatable bonds is 8. The van der Waals surface area contributed by atoms with E-state index in [1.54, 1.807) is 28.4 Å². The second-order valence-electron chi connectivity index (χ2n) is 13.5. The molecular weight excluding hydrogens is 526 g/mol. The van der Waals surface area contributed by atoms with E-state index in [4.69, 9.17) is 23.7 Å². The lowest BCUT2D eigenvalue weighted by molar-refractivity contribution is -0.175. The van der Waals surface area contributed by atoms with Gasteiger partial charge < -0.3 is 39.2 Å². The predicted molar refractivity (Wildman–Crippen MR) is 151 cm³/mol. The van der Waals surface area contributed by atoms with Crippen molar-refractivity contribution in [3.05, 3.63) is 0 Å². The fraction of sp³-hybridized carbons (Fsp3) is 0.935. The molecule has 232 valence electrons. The van der Waals surface area contributed by atoms with Crippen molar-refractivity contribution in [2.24, 2.45) is 23.7 Å². The van der Waals surface area contributed by atoms with Gasteiger partial charge in [0.15, 0.2) is 0 Å². The predicted octanol–water partition coefficient (Wildman–Crippen LogP) is 1.89. The molecule has 3 heterocycles. The monoisotopic (exact) mass is 577 g/mol.